The fourth-order valence-corrected chi connectivity index (χ4v) is 2.18. The molecule has 18 heavy (non-hydrogen) atoms. The minimum atomic E-state index is -5.00. The summed E-state index contributed by atoms with van der Waals surface area (Å²) in [4.78, 5) is 14.8. The maximum atomic E-state index is 12.9. The van der Waals surface area contributed by atoms with E-state index in [9.17, 15) is 23.1 Å². The van der Waals surface area contributed by atoms with E-state index >= 15 is 0 Å². The lowest BCUT2D eigenvalue weighted by Crippen LogP contribution is -2.44. The highest BCUT2D eigenvalue weighted by molar-refractivity contribution is 7.09. The second-order valence-electron chi connectivity index (χ2n) is 3.63. The molecule has 0 aromatic carbocycles. The maximum absolute atomic E-state index is 12.9. The van der Waals surface area contributed by atoms with Crippen LogP contribution in [0.15, 0.2) is 5.38 Å². The number of carbonyl (C=O) groups is 1. The molecule has 0 radical (unpaired) electrons. The lowest BCUT2D eigenvalue weighted by atomic mass is 10.00. The highest BCUT2D eigenvalue weighted by Gasteiger charge is 2.58. The molecule has 1 atom stereocenters. The van der Waals surface area contributed by atoms with Crippen LogP contribution < -0.4 is 0 Å². The van der Waals surface area contributed by atoms with Gasteiger partial charge in [0, 0.05) is 11.1 Å². The number of aliphatic hydroxyl groups is 1. The van der Waals surface area contributed by atoms with Gasteiger partial charge >= 0.3 is 12.1 Å². The van der Waals surface area contributed by atoms with Gasteiger partial charge < -0.3 is 9.84 Å². The van der Waals surface area contributed by atoms with Crippen LogP contribution in [0.2, 0.25) is 0 Å². The fraction of sp³-hybridized carbons (Fsp3) is 0.600. The summed E-state index contributed by atoms with van der Waals surface area (Å²) in [6.45, 7) is 2.92. The largest absolute Gasteiger partial charge is 0.466 e. The van der Waals surface area contributed by atoms with Gasteiger partial charge in [0.2, 0.25) is 5.60 Å². The second-order valence-corrected chi connectivity index (χ2v) is 4.49. The molecule has 0 aliphatic carbocycles. The zero-order valence-electron chi connectivity index (χ0n) is 9.74. The average Bonchev–Trinajstić information content (AvgIpc) is 2.63. The lowest BCUT2D eigenvalue weighted by molar-refractivity contribution is -0.269. The number of halogens is 3. The monoisotopic (exact) mass is 283 g/mol. The van der Waals surface area contributed by atoms with Crippen molar-refractivity contribution in [3.8, 4) is 0 Å². The third-order valence-electron chi connectivity index (χ3n) is 2.15. The van der Waals surface area contributed by atoms with Gasteiger partial charge in [-0.1, -0.05) is 0 Å². The molecule has 0 bridgehead atoms. The molecule has 0 aliphatic heterocycles. The zero-order valence-corrected chi connectivity index (χ0v) is 10.6. The summed E-state index contributed by atoms with van der Waals surface area (Å²) in [7, 11) is 0. The van der Waals surface area contributed by atoms with Crippen LogP contribution in [0.5, 0.6) is 0 Å². The second kappa shape index (κ2) is 5.23. The molecule has 4 nitrogen and oxygen atoms in total. The number of carbonyl (C=O) groups excluding carboxylic acids is 1. The molecule has 0 fully saturated rings. The standard InChI is InChI=1S/C10H12F3NO3S/c1-3-17-7(15)4-9(16,10(11,12)13)8-14-6(2)5-18-8/h5,16H,3-4H2,1-2H3/t9-/m1/s1. The summed E-state index contributed by atoms with van der Waals surface area (Å²) < 4.78 is 43.2. The SMILES string of the molecule is CCOC(=O)C[C@@](O)(c1nc(C)cs1)C(F)(F)F. The Morgan fingerprint density at radius 3 is 2.56 bits per heavy atom. The zero-order chi connectivity index (χ0) is 14.0. The van der Waals surface area contributed by atoms with E-state index < -0.39 is 29.2 Å². The molecule has 0 unspecified atom stereocenters. The van der Waals surface area contributed by atoms with Gasteiger partial charge in [-0.15, -0.1) is 11.3 Å². The number of alkyl halides is 3. The van der Waals surface area contributed by atoms with E-state index in [1.165, 1.54) is 19.2 Å². The summed E-state index contributed by atoms with van der Waals surface area (Å²) in [6.07, 6.45) is -6.19. The third kappa shape index (κ3) is 2.99. The predicted octanol–water partition coefficient (Wildman–Crippen LogP) is 2.15. The van der Waals surface area contributed by atoms with Gasteiger partial charge in [0.1, 0.15) is 5.01 Å². The van der Waals surface area contributed by atoms with Crippen LogP contribution in [-0.4, -0.2) is 28.8 Å². The Morgan fingerprint density at radius 1 is 1.56 bits per heavy atom. The highest BCUT2D eigenvalue weighted by atomic mass is 32.1. The Morgan fingerprint density at radius 2 is 2.17 bits per heavy atom. The highest BCUT2D eigenvalue weighted by Crippen LogP contribution is 2.42. The summed E-state index contributed by atoms with van der Waals surface area (Å²) >= 11 is 0.655. The van der Waals surface area contributed by atoms with E-state index in [-0.39, 0.29) is 6.61 Å². The van der Waals surface area contributed by atoms with Gasteiger partial charge in [0.15, 0.2) is 0 Å². The van der Waals surface area contributed by atoms with Crippen molar-refractivity contribution in [3.63, 3.8) is 0 Å². The number of hydrogen-bond acceptors (Lipinski definition) is 5. The predicted molar refractivity (Wildman–Crippen MR) is 58.1 cm³/mol. The quantitative estimate of drug-likeness (QED) is 0.860. The molecule has 1 rings (SSSR count). The first-order valence-electron chi connectivity index (χ1n) is 5.08. The van der Waals surface area contributed by atoms with E-state index in [2.05, 4.69) is 9.72 Å². The van der Waals surface area contributed by atoms with E-state index in [0.29, 0.717) is 17.0 Å². The Bertz CT molecular complexity index is 432. The van der Waals surface area contributed by atoms with E-state index in [4.69, 9.17) is 0 Å². The van der Waals surface area contributed by atoms with E-state index in [1.807, 2.05) is 0 Å². The lowest BCUT2D eigenvalue weighted by Gasteiger charge is -2.27. The van der Waals surface area contributed by atoms with Crippen molar-refractivity contribution in [2.45, 2.75) is 32.0 Å². The number of ether oxygens (including phenoxy) is 1. The molecule has 1 heterocycles. The van der Waals surface area contributed by atoms with Gasteiger partial charge in [-0.05, 0) is 13.8 Å². The van der Waals surface area contributed by atoms with Crippen LogP contribution in [-0.2, 0) is 15.1 Å². The number of thiazole rings is 1. The number of aryl methyl sites for hydroxylation is 1. The fourth-order valence-electron chi connectivity index (χ4n) is 1.26. The first-order chi connectivity index (χ1) is 8.20. The Labute approximate surface area is 105 Å². The Balaban J connectivity index is 3.08. The molecule has 0 spiro atoms. The molecule has 1 aromatic rings. The van der Waals surface area contributed by atoms with Crippen LogP contribution >= 0.6 is 11.3 Å². The van der Waals surface area contributed by atoms with E-state index in [0.717, 1.165) is 0 Å². The molecule has 8 heteroatoms. The molecule has 102 valence electrons. The van der Waals surface area contributed by atoms with Crippen molar-refractivity contribution in [1.82, 2.24) is 4.98 Å². The smallest absolute Gasteiger partial charge is 0.424 e. The first-order valence-corrected chi connectivity index (χ1v) is 5.96. The summed E-state index contributed by atoms with van der Waals surface area (Å²) in [5.74, 6) is -1.12. The van der Waals surface area contributed by atoms with E-state index in [1.54, 1.807) is 0 Å². The van der Waals surface area contributed by atoms with Crippen LogP contribution in [0.25, 0.3) is 0 Å². The molecular formula is C10H12F3NO3S. The van der Waals surface area contributed by atoms with Crippen LogP contribution in [0.4, 0.5) is 13.2 Å². The topological polar surface area (TPSA) is 59.4 Å². The number of nitrogens with zero attached hydrogens (tertiary/aromatic N) is 1. The van der Waals surface area contributed by atoms with Gasteiger partial charge in [-0.25, -0.2) is 4.98 Å². The van der Waals surface area contributed by atoms with Gasteiger partial charge in [-0.3, -0.25) is 4.79 Å². The first kappa shape index (κ1) is 14.9. The van der Waals surface area contributed by atoms with Crippen LogP contribution in [0.1, 0.15) is 24.0 Å². The van der Waals surface area contributed by atoms with Crippen molar-refractivity contribution in [1.29, 1.82) is 0 Å². The Hall–Kier alpha value is -1.15. The normalized spacial score (nSPS) is 15.2. The van der Waals surface area contributed by atoms with Crippen LogP contribution in [0.3, 0.4) is 0 Å². The summed E-state index contributed by atoms with van der Waals surface area (Å²) in [5.41, 5.74) is -2.94. The van der Waals surface area contributed by atoms with Gasteiger partial charge in [0.05, 0.1) is 13.0 Å². The van der Waals surface area contributed by atoms with Crippen LogP contribution in [0, 0.1) is 6.92 Å². The van der Waals surface area contributed by atoms with Crippen molar-refractivity contribution in [3.05, 3.63) is 16.1 Å². The molecular weight excluding hydrogens is 271 g/mol. The number of rotatable bonds is 4. The van der Waals surface area contributed by atoms with Crippen molar-refractivity contribution in [2.24, 2.45) is 0 Å². The number of aromatic nitrogens is 1. The molecule has 0 saturated carbocycles. The van der Waals surface area contributed by atoms with Gasteiger partial charge in [0.25, 0.3) is 0 Å². The molecule has 0 amide bonds. The average molecular weight is 283 g/mol. The minimum absolute atomic E-state index is 0.0519. The van der Waals surface area contributed by atoms with Crippen molar-refractivity contribution >= 4 is 17.3 Å². The molecule has 0 saturated heterocycles. The summed E-state index contributed by atoms with van der Waals surface area (Å²) in [5, 5.41) is 10.6. The Kier molecular flexibility index (Phi) is 4.33. The van der Waals surface area contributed by atoms with Gasteiger partial charge in [-0.2, -0.15) is 13.2 Å². The minimum Gasteiger partial charge on any atom is -0.466 e. The molecule has 0 aliphatic rings. The number of hydrogen-bond donors (Lipinski definition) is 1. The molecule has 1 aromatic heterocycles. The number of esters is 1. The van der Waals surface area contributed by atoms with Crippen molar-refractivity contribution < 1.29 is 27.8 Å². The third-order valence-corrected chi connectivity index (χ3v) is 3.26. The van der Waals surface area contributed by atoms with Crippen molar-refractivity contribution in [2.75, 3.05) is 6.61 Å². The molecule has 1 N–H and O–H groups in total. The summed E-state index contributed by atoms with van der Waals surface area (Å²) in [6, 6.07) is 0. The maximum Gasteiger partial charge on any atom is 0.424 e.